The fraction of sp³-hybridized carbons (Fsp3) is 0.375. The number of nitrogens with zero attached hydrogens (tertiary/aromatic N) is 4. The Kier molecular flexibility index (Phi) is 4.87. The van der Waals surface area contributed by atoms with E-state index in [0.29, 0.717) is 18.3 Å². The summed E-state index contributed by atoms with van der Waals surface area (Å²) < 4.78 is 5.47. The van der Waals surface area contributed by atoms with Gasteiger partial charge in [-0.1, -0.05) is 65.3 Å². The molecule has 6 heteroatoms. The number of carbonyl (C=O) groups excluding carboxylic acids is 1. The molecule has 1 aliphatic carbocycles. The van der Waals surface area contributed by atoms with Gasteiger partial charge in [0.2, 0.25) is 17.6 Å². The lowest BCUT2D eigenvalue weighted by atomic mass is 9.94. The molecule has 2 heterocycles. The third-order valence-electron chi connectivity index (χ3n) is 6.28. The highest BCUT2D eigenvalue weighted by molar-refractivity contribution is 5.91. The predicted molar refractivity (Wildman–Crippen MR) is 114 cm³/mol. The molecule has 0 bridgehead atoms. The van der Waals surface area contributed by atoms with Gasteiger partial charge in [0.05, 0.1) is 12.0 Å². The minimum atomic E-state index is -0.279. The first-order chi connectivity index (χ1) is 14.6. The van der Waals surface area contributed by atoms with Gasteiger partial charge in [-0.15, -0.1) is 0 Å². The van der Waals surface area contributed by atoms with Crippen molar-refractivity contribution in [1.29, 1.82) is 0 Å². The lowest BCUT2D eigenvalue weighted by Gasteiger charge is -2.36. The highest BCUT2D eigenvalue weighted by Gasteiger charge is 2.53. The minimum Gasteiger partial charge on any atom is -0.339 e. The standard InChI is InChI=1S/C24H26N4O2/c1-18-7-9-19(10-8-18)22-25-21(30-26-22)17-27-13-15-28(16-14-27)23(29)24(11-12-24)20-5-3-2-4-6-20/h2-10H,11-17H2,1H3. The Balaban J connectivity index is 1.18. The number of hydrogen-bond donors (Lipinski definition) is 0. The number of benzene rings is 2. The summed E-state index contributed by atoms with van der Waals surface area (Å²) >= 11 is 0. The molecule has 0 atom stereocenters. The van der Waals surface area contributed by atoms with Crippen LogP contribution in [0.1, 0.15) is 29.9 Å². The molecule has 0 unspecified atom stereocenters. The van der Waals surface area contributed by atoms with Crippen molar-refractivity contribution in [3.05, 3.63) is 71.6 Å². The molecule has 2 aromatic carbocycles. The molecule has 1 aromatic heterocycles. The average molecular weight is 402 g/mol. The number of amides is 1. The van der Waals surface area contributed by atoms with Crippen LogP contribution in [0.15, 0.2) is 59.1 Å². The molecular formula is C24H26N4O2. The Morgan fingerprint density at radius 2 is 1.70 bits per heavy atom. The number of piperazine rings is 1. The van der Waals surface area contributed by atoms with Crippen LogP contribution in [0.2, 0.25) is 0 Å². The Hall–Kier alpha value is -2.99. The number of aromatic nitrogens is 2. The Labute approximate surface area is 176 Å². The van der Waals surface area contributed by atoms with E-state index >= 15 is 0 Å². The highest BCUT2D eigenvalue weighted by atomic mass is 16.5. The predicted octanol–water partition coefficient (Wildman–Crippen LogP) is 3.42. The lowest BCUT2D eigenvalue weighted by molar-refractivity contribution is -0.135. The zero-order valence-corrected chi connectivity index (χ0v) is 17.3. The second-order valence-electron chi connectivity index (χ2n) is 8.39. The summed E-state index contributed by atoms with van der Waals surface area (Å²) in [4.78, 5) is 22.1. The van der Waals surface area contributed by atoms with Gasteiger partial charge in [-0.2, -0.15) is 4.98 Å². The van der Waals surface area contributed by atoms with Gasteiger partial charge in [0.1, 0.15) is 0 Å². The molecule has 3 aromatic rings. The first kappa shape index (κ1) is 19.0. The molecule has 2 aliphatic rings. The molecule has 1 amide bonds. The number of aryl methyl sites for hydroxylation is 1. The second kappa shape index (κ2) is 7.69. The smallest absolute Gasteiger partial charge is 0.241 e. The molecule has 1 saturated heterocycles. The lowest BCUT2D eigenvalue weighted by Crippen LogP contribution is -2.51. The van der Waals surface area contributed by atoms with E-state index in [1.807, 2.05) is 47.4 Å². The van der Waals surface area contributed by atoms with Crippen molar-refractivity contribution in [3.63, 3.8) is 0 Å². The molecule has 6 nitrogen and oxygen atoms in total. The van der Waals surface area contributed by atoms with Crippen LogP contribution in [0, 0.1) is 6.92 Å². The van der Waals surface area contributed by atoms with Gasteiger partial charge >= 0.3 is 0 Å². The number of rotatable bonds is 5. The third kappa shape index (κ3) is 3.63. The van der Waals surface area contributed by atoms with Crippen molar-refractivity contribution in [2.75, 3.05) is 26.2 Å². The van der Waals surface area contributed by atoms with Crippen molar-refractivity contribution in [1.82, 2.24) is 19.9 Å². The Bertz CT molecular complexity index is 1020. The third-order valence-corrected chi connectivity index (χ3v) is 6.28. The molecule has 0 N–H and O–H groups in total. The van der Waals surface area contributed by atoms with Crippen molar-refractivity contribution in [2.45, 2.75) is 31.7 Å². The minimum absolute atomic E-state index is 0.279. The number of hydrogen-bond acceptors (Lipinski definition) is 5. The first-order valence-corrected chi connectivity index (χ1v) is 10.6. The first-order valence-electron chi connectivity index (χ1n) is 10.6. The summed E-state index contributed by atoms with van der Waals surface area (Å²) in [7, 11) is 0. The molecule has 0 radical (unpaired) electrons. The van der Waals surface area contributed by atoms with Gasteiger partial charge in [-0.3, -0.25) is 9.69 Å². The summed E-state index contributed by atoms with van der Waals surface area (Å²) in [6.45, 7) is 5.79. The van der Waals surface area contributed by atoms with Crippen LogP contribution >= 0.6 is 0 Å². The van der Waals surface area contributed by atoms with E-state index in [9.17, 15) is 4.79 Å². The topological polar surface area (TPSA) is 62.5 Å². The molecule has 5 rings (SSSR count). The molecule has 30 heavy (non-hydrogen) atoms. The fourth-order valence-corrected chi connectivity index (χ4v) is 4.25. The largest absolute Gasteiger partial charge is 0.339 e. The quantitative estimate of drug-likeness (QED) is 0.654. The summed E-state index contributed by atoms with van der Waals surface area (Å²) in [6.07, 6.45) is 1.92. The van der Waals surface area contributed by atoms with Crippen LogP contribution in [0.5, 0.6) is 0 Å². The van der Waals surface area contributed by atoms with Crippen LogP contribution in [0.25, 0.3) is 11.4 Å². The maximum Gasteiger partial charge on any atom is 0.241 e. The van der Waals surface area contributed by atoms with E-state index in [1.54, 1.807) is 0 Å². The summed E-state index contributed by atoms with van der Waals surface area (Å²) in [6, 6.07) is 18.3. The van der Waals surface area contributed by atoms with Gasteiger partial charge in [0, 0.05) is 31.7 Å². The molecule has 2 fully saturated rings. The van der Waals surface area contributed by atoms with E-state index < -0.39 is 0 Å². The summed E-state index contributed by atoms with van der Waals surface area (Å²) in [5.41, 5.74) is 3.04. The molecule has 0 spiro atoms. The molecule has 154 valence electrons. The molecule has 1 aliphatic heterocycles. The van der Waals surface area contributed by atoms with Gasteiger partial charge in [0.25, 0.3) is 0 Å². The second-order valence-corrected chi connectivity index (χ2v) is 8.39. The van der Waals surface area contributed by atoms with Gasteiger partial charge in [0.15, 0.2) is 0 Å². The van der Waals surface area contributed by atoms with E-state index in [0.717, 1.165) is 50.1 Å². The number of carbonyl (C=O) groups is 1. The van der Waals surface area contributed by atoms with E-state index in [4.69, 9.17) is 4.52 Å². The maximum absolute atomic E-state index is 13.2. The van der Waals surface area contributed by atoms with E-state index in [-0.39, 0.29) is 11.3 Å². The van der Waals surface area contributed by atoms with Crippen molar-refractivity contribution < 1.29 is 9.32 Å². The van der Waals surface area contributed by atoms with E-state index in [2.05, 4.69) is 34.1 Å². The zero-order valence-electron chi connectivity index (χ0n) is 17.3. The van der Waals surface area contributed by atoms with E-state index in [1.165, 1.54) is 5.56 Å². The maximum atomic E-state index is 13.2. The van der Waals surface area contributed by atoms with Crippen LogP contribution < -0.4 is 0 Å². The monoisotopic (exact) mass is 402 g/mol. The van der Waals surface area contributed by atoms with Crippen LogP contribution in [0.4, 0.5) is 0 Å². The normalized spacial score (nSPS) is 18.4. The summed E-state index contributed by atoms with van der Waals surface area (Å²) in [5.74, 6) is 1.53. The Morgan fingerprint density at radius 1 is 1.00 bits per heavy atom. The Morgan fingerprint density at radius 3 is 2.37 bits per heavy atom. The highest BCUT2D eigenvalue weighted by Crippen LogP contribution is 2.49. The van der Waals surface area contributed by atoms with Crippen LogP contribution in [-0.2, 0) is 16.8 Å². The zero-order chi connectivity index (χ0) is 20.6. The van der Waals surface area contributed by atoms with Crippen molar-refractivity contribution >= 4 is 5.91 Å². The molecular weight excluding hydrogens is 376 g/mol. The van der Waals surface area contributed by atoms with Crippen molar-refractivity contribution in [3.8, 4) is 11.4 Å². The van der Waals surface area contributed by atoms with Crippen LogP contribution in [-0.4, -0.2) is 52.0 Å². The average Bonchev–Trinajstić information content (AvgIpc) is 3.48. The fourth-order valence-electron chi connectivity index (χ4n) is 4.25. The van der Waals surface area contributed by atoms with Gasteiger partial charge in [-0.05, 0) is 25.3 Å². The van der Waals surface area contributed by atoms with Crippen molar-refractivity contribution in [2.24, 2.45) is 0 Å². The molecule has 1 saturated carbocycles. The SMILES string of the molecule is Cc1ccc(-c2noc(CN3CCN(C(=O)C4(c5ccccc5)CC4)CC3)n2)cc1. The van der Waals surface area contributed by atoms with Crippen LogP contribution in [0.3, 0.4) is 0 Å². The van der Waals surface area contributed by atoms with Gasteiger partial charge < -0.3 is 9.42 Å². The van der Waals surface area contributed by atoms with Gasteiger partial charge in [-0.25, -0.2) is 0 Å². The summed E-state index contributed by atoms with van der Waals surface area (Å²) in [5, 5.41) is 4.12.